The van der Waals surface area contributed by atoms with E-state index in [2.05, 4.69) is 6.07 Å². The van der Waals surface area contributed by atoms with Gasteiger partial charge >= 0.3 is 11.7 Å². The molecule has 0 amide bonds. The molecule has 2 aromatic heterocycles. The van der Waals surface area contributed by atoms with E-state index in [-0.39, 0.29) is 27.7 Å². The molecule has 4 rings (SSSR count). The fourth-order valence-corrected chi connectivity index (χ4v) is 6.17. The highest BCUT2D eigenvalue weighted by Crippen LogP contribution is 2.35. The van der Waals surface area contributed by atoms with Crippen LogP contribution in [0.5, 0.6) is 5.75 Å². The monoisotopic (exact) mass is 557 g/mol. The van der Waals surface area contributed by atoms with Gasteiger partial charge in [0.2, 0.25) is 0 Å². The second-order valence-corrected chi connectivity index (χ2v) is 11.2. The summed E-state index contributed by atoms with van der Waals surface area (Å²) in [7, 11) is 0. The summed E-state index contributed by atoms with van der Waals surface area (Å²) in [6.45, 7) is 6.14. The Morgan fingerprint density at radius 3 is 2.59 bits per heavy atom. The van der Waals surface area contributed by atoms with Gasteiger partial charge in [-0.1, -0.05) is 19.3 Å². The van der Waals surface area contributed by atoms with E-state index in [0.717, 1.165) is 43.4 Å². The number of fused-ring (bicyclic) bond motifs is 1. The van der Waals surface area contributed by atoms with Crippen LogP contribution < -0.4 is 16.0 Å². The quantitative estimate of drug-likeness (QED) is 0.399. The third-order valence-electron chi connectivity index (χ3n) is 7.27. The molecule has 0 bridgehead atoms. The predicted molar refractivity (Wildman–Crippen MR) is 145 cm³/mol. The number of benzene rings is 1. The molecule has 11 heteroatoms. The van der Waals surface area contributed by atoms with E-state index in [1.807, 2.05) is 0 Å². The minimum Gasteiger partial charge on any atom is -0.493 e. The molecular weight excluding hydrogens is 525 g/mol. The molecule has 1 atom stereocenters. The van der Waals surface area contributed by atoms with Crippen LogP contribution in [-0.4, -0.2) is 32.9 Å². The molecule has 39 heavy (non-hydrogen) atoms. The smallest absolute Gasteiger partial charge is 0.333 e. The normalized spacial score (nSPS) is 15.3. The molecule has 208 valence electrons. The lowest BCUT2D eigenvalue weighted by Gasteiger charge is -2.30. The minimum atomic E-state index is -1.87. The van der Waals surface area contributed by atoms with E-state index >= 15 is 0 Å². The van der Waals surface area contributed by atoms with Gasteiger partial charge in [-0.2, -0.15) is 5.26 Å². The van der Waals surface area contributed by atoms with Crippen molar-refractivity contribution in [3.63, 3.8) is 0 Å². The summed E-state index contributed by atoms with van der Waals surface area (Å²) < 4.78 is 28.8. The molecule has 1 aliphatic carbocycles. The van der Waals surface area contributed by atoms with Crippen LogP contribution in [0.3, 0.4) is 0 Å². The lowest BCUT2D eigenvalue weighted by molar-refractivity contribution is -0.146. The average molecular weight is 558 g/mol. The fraction of sp³-hybridized carbons (Fsp3) is 0.500. The molecular formula is C28H32FN3O6S. The molecule has 9 nitrogen and oxygen atoms in total. The summed E-state index contributed by atoms with van der Waals surface area (Å²) in [6, 6.07) is 6.18. The molecule has 0 spiro atoms. The maximum atomic E-state index is 14.5. The van der Waals surface area contributed by atoms with Gasteiger partial charge in [0.15, 0.2) is 0 Å². The molecule has 3 aromatic rings. The highest BCUT2D eigenvalue weighted by atomic mass is 32.1. The zero-order valence-corrected chi connectivity index (χ0v) is 23.3. The number of ether oxygens (including phenoxy) is 2. The second-order valence-electron chi connectivity index (χ2n) is 10.2. The summed E-state index contributed by atoms with van der Waals surface area (Å²) in [6.07, 6.45) is 3.69. The van der Waals surface area contributed by atoms with E-state index in [1.165, 1.54) is 36.6 Å². The molecule has 1 saturated carbocycles. The van der Waals surface area contributed by atoms with Crippen molar-refractivity contribution < 1.29 is 23.8 Å². The Kier molecular flexibility index (Phi) is 8.28. The van der Waals surface area contributed by atoms with Crippen LogP contribution in [0, 0.1) is 24.1 Å². The van der Waals surface area contributed by atoms with Crippen molar-refractivity contribution in [2.45, 2.75) is 84.1 Å². The Bertz CT molecular complexity index is 1560. The van der Waals surface area contributed by atoms with Crippen molar-refractivity contribution in [3.8, 4) is 11.8 Å². The van der Waals surface area contributed by atoms with E-state index < -0.39 is 34.7 Å². The maximum absolute atomic E-state index is 14.5. The number of thiophene rings is 1. The molecule has 2 heterocycles. The zero-order chi connectivity index (χ0) is 28.5. The first-order chi connectivity index (χ1) is 18.5. The van der Waals surface area contributed by atoms with Crippen LogP contribution >= 0.6 is 11.3 Å². The largest absolute Gasteiger partial charge is 0.493 e. The topological polar surface area (TPSA) is 124 Å². The SMILES string of the molecule is CCOc1ccc(F)cc1C(Cn1c(=O)n(C(C)(C)C(=O)O)c(=O)c2c(C)c(C#N)sc21)OC1CCCCC1. The van der Waals surface area contributed by atoms with Gasteiger partial charge in [-0.15, -0.1) is 11.3 Å². The third-order valence-corrected chi connectivity index (χ3v) is 8.49. The Morgan fingerprint density at radius 2 is 1.97 bits per heavy atom. The van der Waals surface area contributed by atoms with Crippen molar-refractivity contribution in [3.05, 3.63) is 60.9 Å². The number of halogens is 1. The van der Waals surface area contributed by atoms with Gasteiger partial charge in [0.1, 0.15) is 39.0 Å². The number of hydrogen-bond donors (Lipinski definition) is 1. The predicted octanol–water partition coefficient (Wildman–Crippen LogP) is 4.85. The number of carbonyl (C=O) groups is 1. The van der Waals surface area contributed by atoms with Gasteiger partial charge in [-0.3, -0.25) is 9.36 Å². The highest BCUT2D eigenvalue weighted by molar-refractivity contribution is 7.19. The van der Waals surface area contributed by atoms with Crippen LogP contribution in [0.1, 0.15) is 75.0 Å². The van der Waals surface area contributed by atoms with Crippen molar-refractivity contribution in [2.75, 3.05) is 6.61 Å². The van der Waals surface area contributed by atoms with Crippen LogP contribution in [0.25, 0.3) is 10.2 Å². The minimum absolute atomic E-state index is 0.103. The van der Waals surface area contributed by atoms with E-state index in [4.69, 9.17) is 9.47 Å². The molecule has 1 unspecified atom stereocenters. The Labute approximate surface area is 229 Å². The number of aliphatic carboxylic acids is 1. The van der Waals surface area contributed by atoms with E-state index in [1.54, 1.807) is 13.8 Å². The van der Waals surface area contributed by atoms with Gasteiger partial charge in [0.25, 0.3) is 5.56 Å². The number of rotatable bonds is 9. The standard InChI is InChI=1S/C28H32FN3O6S/c1-5-37-20-12-11-17(29)13-19(20)21(38-18-9-7-6-8-10-18)15-31-25-23(16(2)22(14-30)39-25)24(33)32(27(31)36)28(3,4)26(34)35/h11-13,18,21H,5-10,15H2,1-4H3,(H,34,35). The summed E-state index contributed by atoms with van der Waals surface area (Å²) in [5.41, 5.74) is -2.72. The van der Waals surface area contributed by atoms with Crippen molar-refractivity contribution in [2.24, 2.45) is 0 Å². The van der Waals surface area contributed by atoms with Gasteiger partial charge < -0.3 is 14.6 Å². The second kappa shape index (κ2) is 11.3. The molecule has 1 N–H and O–H groups in total. The number of hydrogen-bond acceptors (Lipinski definition) is 7. The Hall–Kier alpha value is -3.49. The lowest BCUT2D eigenvalue weighted by atomic mass is 9.97. The van der Waals surface area contributed by atoms with E-state index in [0.29, 0.717) is 28.1 Å². The van der Waals surface area contributed by atoms with Gasteiger partial charge in [-0.25, -0.2) is 18.5 Å². The number of nitriles is 1. The number of carboxylic acid groups (broad SMARTS) is 1. The number of aromatic nitrogens is 2. The fourth-order valence-electron chi connectivity index (χ4n) is 5.07. The maximum Gasteiger partial charge on any atom is 0.333 e. The number of nitrogens with zero attached hydrogens (tertiary/aromatic N) is 3. The van der Waals surface area contributed by atoms with Crippen LogP contribution in [0.2, 0.25) is 0 Å². The molecule has 1 fully saturated rings. The summed E-state index contributed by atoms with van der Waals surface area (Å²) >= 11 is 0.988. The van der Waals surface area contributed by atoms with Crippen molar-refractivity contribution in [1.29, 1.82) is 5.26 Å². The number of carboxylic acids is 1. The summed E-state index contributed by atoms with van der Waals surface area (Å²) in [4.78, 5) is 40.1. The first kappa shape index (κ1) is 28.5. The van der Waals surface area contributed by atoms with Crippen LogP contribution in [0.4, 0.5) is 4.39 Å². The molecule has 0 saturated heterocycles. The van der Waals surface area contributed by atoms with E-state index in [9.17, 15) is 29.1 Å². The highest BCUT2D eigenvalue weighted by Gasteiger charge is 2.36. The van der Waals surface area contributed by atoms with Crippen molar-refractivity contribution >= 4 is 27.5 Å². The van der Waals surface area contributed by atoms with Crippen LogP contribution in [-0.2, 0) is 21.6 Å². The Morgan fingerprint density at radius 1 is 1.28 bits per heavy atom. The first-order valence-corrected chi connectivity index (χ1v) is 13.8. The number of aryl methyl sites for hydroxylation is 1. The third kappa shape index (κ3) is 5.36. The first-order valence-electron chi connectivity index (χ1n) is 13.0. The van der Waals surface area contributed by atoms with Gasteiger partial charge in [0, 0.05) is 5.56 Å². The average Bonchev–Trinajstić information content (AvgIpc) is 3.23. The molecule has 1 aromatic carbocycles. The molecule has 0 radical (unpaired) electrons. The lowest BCUT2D eigenvalue weighted by Crippen LogP contribution is -2.52. The summed E-state index contributed by atoms with van der Waals surface area (Å²) in [5, 5.41) is 19.7. The zero-order valence-electron chi connectivity index (χ0n) is 22.5. The Balaban J connectivity index is 1.99. The van der Waals surface area contributed by atoms with Gasteiger partial charge in [0.05, 0.1) is 24.6 Å². The van der Waals surface area contributed by atoms with Gasteiger partial charge in [-0.05, 0) is 64.3 Å². The van der Waals surface area contributed by atoms with Crippen molar-refractivity contribution in [1.82, 2.24) is 9.13 Å². The molecule has 0 aliphatic heterocycles. The molecule has 1 aliphatic rings. The summed E-state index contributed by atoms with van der Waals surface area (Å²) in [5.74, 6) is -1.46. The van der Waals surface area contributed by atoms with Crippen LogP contribution in [0.15, 0.2) is 27.8 Å².